The average Bonchev–Trinajstić information content (AvgIpc) is 2.39. The third-order valence-corrected chi connectivity index (χ3v) is 3.93. The first kappa shape index (κ1) is 12.5. The van der Waals surface area contributed by atoms with E-state index in [9.17, 15) is 0 Å². The van der Waals surface area contributed by atoms with Gasteiger partial charge in [-0.05, 0) is 25.4 Å². The van der Waals surface area contributed by atoms with E-state index in [0.29, 0.717) is 5.84 Å². The Morgan fingerprint density at radius 1 is 1.12 bits per heavy atom. The van der Waals surface area contributed by atoms with Crippen molar-refractivity contribution in [2.24, 2.45) is 0 Å². The molecule has 1 N–H and O–H groups in total. The summed E-state index contributed by atoms with van der Waals surface area (Å²) < 4.78 is 0. The molecule has 3 nitrogen and oxygen atoms in total. The van der Waals surface area contributed by atoms with Gasteiger partial charge in [-0.3, -0.25) is 5.41 Å². The summed E-state index contributed by atoms with van der Waals surface area (Å²) in [6.45, 7) is 4.01. The van der Waals surface area contributed by atoms with E-state index >= 15 is 0 Å². The second-order valence-electron chi connectivity index (χ2n) is 4.37. The van der Waals surface area contributed by atoms with Gasteiger partial charge in [0.1, 0.15) is 5.84 Å². The Morgan fingerprint density at radius 2 is 1.71 bits per heavy atom. The van der Waals surface area contributed by atoms with Crippen LogP contribution in [0.3, 0.4) is 0 Å². The third kappa shape index (κ3) is 3.01. The van der Waals surface area contributed by atoms with Crippen molar-refractivity contribution in [3.63, 3.8) is 0 Å². The van der Waals surface area contributed by atoms with Gasteiger partial charge in [0.15, 0.2) is 0 Å². The maximum absolute atomic E-state index is 8.22. The number of likely N-dealkylation sites (N-methyl/N-ethyl adjacent to an activating group) is 1. The quantitative estimate of drug-likeness (QED) is 0.494. The minimum atomic E-state index is 0.658. The molecule has 2 rings (SSSR count). The van der Waals surface area contributed by atoms with Crippen LogP contribution in [0, 0.1) is 5.41 Å². The molecule has 1 aromatic carbocycles. The van der Waals surface area contributed by atoms with Crippen molar-refractivity contribution in [1.82, 2.24) is 9.80 Å². The number of nitrogens with one attached hydrogen (secondary N) is 1. The second kappa shape index (κ2) is 5.56. The molecule has 1 fully saturated rings. The number of nitrogens with zero attached hydrogens (tertiary/aromatic N) is 2. The van der Waals surface area contributed by atoms with E-state index in [4.69, 9.17) is 5.41 Å². The van der Waals surface area contributed by atoms with Gasteiger partial charge in [-0.1, -0.05) is 12.1 Å². The summed E-state index contributed by atoms with van der Waals surface area (Å²) in [5.41, 5.74) is 1.02. The minimum Gasteiger partial charge on any atom is -0.354 e. The number of rotatable bonds is 2. The number of benzene rings is 1. The van der Waals surface area contributed by atoms with Crippen molar-refractivity contribution < 1.29 is 0 Å². The molecule has 0 aliphatic carbocycles. The van der Waals surface area contributed by atoms with E-state index in [0.717, 1.165) is 31.7 Å². The fourth-order valence-electron chi connectivity index (χ4n) is 1.96. The van der Waals surface area contributed by atoms with Crippen LogP contribution >= 0.6 is 11.8 Å². The Balaban J connectivity index is 2.03. The standard InChI is InChI=1S/C13H19N3S/c1-15-7-9-16(10-8-15)13(14)11-3-5-12(17-2)6-4-11/h3-6,14H,7-10H2,1-2H3. The molecule has 0 atom stereocenters. The Hall–Kier alpha value is -1.00. The zero-order chi connectivity index (χ0) is 12.3. The molecular weight excluding hydrogens is 230 g/mol. The largest absolute Gasteiger partial charge is 0.354 e. The number of amidine groups is 1. The van der Waals surface area contributed by atoms with Crippen molar-refractivity contribution >= 4 is 17.6 Å². The molecule has 1 saturated heterocycles. The van der Waals surface area contributed by atoms with Gasteiger partial charge in [-0.15, -0.1) is 11.8 Å². The van der Waals surface area contributed by atoms with Crippen LogP contribution in [0.15, 0.2) is 29.2 Å². The molecule has 92 valence electrons. The minimum absolute atomic E-state index is 0.658. The average molecular weight is 249 g/mol. The molecule has 1 aliphatic heterocycles. The first-order valence-corrected chi connectivity index (χ1v) is 7.09. The summed E-state index contributed by atoms with van der Waals surface area (Å²) >= 11 is 1.73. The molecule has 0 bridgehead atoms. The number of thioether (sulfide) groups is 1. The van der Waals surface area contributed by atoms with Gasteiger partial charge < -0.3 is 9.80 Å². The van der Waals surface area contributed by atoms with Gasteiger partial charge in [0.2, 0.25) is 0 Å². The molecule has 0 amide bonds. The SMILES string of the molecule is CSc1ccc(C(=N)N2CCN(C)CC2)cc1. The fourth-order valence-corrected chi connectivity index (χ4v) is 2.37. The zero-order valence-corrected chi connectivity index (χ0v) is 11.3. The molecule has 1 heterocycles. The predicted molar refractivity (Wildman–Crippen MR) is 74.1 cm³/mol. The summed E-state index contributed by atoms with van der Waals surface area (Å²) in [6.07, 6.45) is 2.07. The molecule has 1 aliphatic rings. The first-order valence-electron chi connectivity index (χ1n) is 5.87. The van der Waals surface area contributed by atoms with Crippen LogP contribution in [-0.2, 0) is 0 Å². The van der Waals surface area contributed by atoms with E-state index in [-0.39, 0.29) is 0 Å². The van der Waals surface area contributed by atoms with Crippen molar-refractivity contribution in [2.45, 2.75) is 4.90 Å². The van der Waals surface area contributed by atoms with Crippen LogP contribution in [0.5, 0.6) is 0 Å². The smallest absolute Gasteiger partial charge is 0.128 e. The lowest BCUT2D eigenvalue weighted by Crippen LogP contribution is -2.47. The number of piperazine rings is 1. The lowest BCUT2D eigenvalue weighted by atomic mass is 10.1. The molecule has 17 heavy (non-hydrogen) atoms. The van der Waals surface area contributed by atoms with Crippen LogP contribution in [0.2, 0.25) is 0 Å². The lowest BCUT2D eigenvalue weighted by Gasteiger charge is -2.34. The normalized spacial score (nSPS) is 17.2. The summed E-state index contributed by atoms with van der Waals surface area (Å²) in [5.74, 6) is 0.658. The highest BCUT2D eigenvalue weighted by molar-refractivity contribution is 7.98. The van der Waals surface area contributed by atoms with Crippen LogP contribution in [0.25, 0.3) is 0 Å². The summed E-state index contributed by atoms with van der Waals surface area (Å²) in [7, 11) is 2.13. The van der Waals surface area contributed by atoms with E-state index in [1.165, 1.54) is 4.90 Å². The molecule has 0 radical (unpaired) electrons. The molecular formula is C13H19N3S. The van der Waals surface area contributed by atoms with Crippen molar-refractivity contribution in [1.29, 1.82) is 5.41 Å². The Bertz CT molecular complexity index is 380. The van der Waals surface area contributed by atoms with E-state index in [2.05, 4.69) is 35.2 Å². The molecule has 0 spiro atoms. The highest BCUT2D eigenvalue weighted by atomic mass is 32.2. The zero-order valence-electron chi connectivity index (χ0n) is 10.4. The van der Waals surface area contributed by atoms with Gasteiger partial charge in [0.25, 0.3) is 0 Å². The van der Waals surface area contributed by atoms with E-state index in [1.54, 1.807) is 11.8 Å². The number of hydrogen-bond donors (Lipinski definition) is 1. The summed E-state index contributed by atoms with van der Waals surface area (Å²) in [4.78, 5) is 5.72. The summed E-state index contributed by atoms with van der Waals surface area (Å²) in [5, 5.41) is 8.22. The van der Waals surface area contributed by atoms with Crippen LogP contribution in [0.4, 0.5) is 0 Å². The van der Waals surface area contributed by atoms with E-state index in [1.807, 2.05) is 12.1 Å². The number of hydrogen-bond acceptors (Lipinski definition) is 3. The highest BCUT2D eigenvalue weighted by Crippen LogP contribution is 2.16. The monoisotopic (exact) mass is 249 g/mol. The van der Waals surface area contributed by atoms with Crippen molar-refractivity contribution in [3.05, 3.63) is 29.8 Å². The van der Waals surface area contributed by atoms with Crippen LogP contribution < -0.4 is 0 Å². The first-order chi connectivity index (χ1) is 8.20. The maximum Gasteiger partial charge on any atom is 0.128 e. The van der Waals surface area contributed by atoms with Gasteiger partial charge in [0, 0.05) is 36.6 Å². The summed E-state index contributed by atoms with van der Waals surface area (Å²) in [6, 6.07) is 8.27. The third-order valence-electron chi connectivity index (χ3n) is 3.18. The Morgan fingerprint density at radius 3 is 2.24 bits per heavy atom. The molecule has 1 aromatic rings. The predicted octanol–water partition coefficient (Wildman–Crippen LogP) is 1.98. The van der Waals surface area contributed by atoms with Crippen LogP contribution in [-0.4, -0.2) is 55.1 Å². The molecule has 0 unspecified atom stereocenters. The van der Waals surface area contributed by atoms with Gasteiger partial charge in [-0.25, -0.2) is 0 Å². The van der Waals surface area contributed by atoms with Crippen molar-refractivity contribution in [3.8, 4) is 0 Å². The Kier molecular flexibility index (Phi) is 4.07. The topological polar surface area (TPSA) is 30.3 Å². The lowest BCUT2D eigenvalue weighted by molar-refractivity contribution is 0.215. The second-order valence-corrected chi connectivity index (χ2v) is 5.25. The molecule has 0 saturated carbocycles. The fraction of sp³-hybridized carbons (Fsp3) is 0.462. The Labute approximate surface area is 107 Å². The maximum atomic E-state index is 8.22. The van der Waals surface area contributed by atoms with Crippen molar-refractivity contribution in [2.75, 3.05) is 39.5 Å². The molecule has 0 aromatic heterocycles. The van der Waals surface area contributed by atoms with Gasteiger partial charge >= 0.3 is 0 Å². The van der Waals surface area contributed by atoms with Gasteiger partial charge in [0.05, 0.1) is 0 Å². The van der Waals surface area contributed by atoms with Crippen LogP contribution in [0.1, 0.15) is 5.56 Å². The molecule has 4 heteroatoms. The van der Waals surface area contributed by atoms with E-state index < -0.39 is 0 Å². The highest BCUT2D eigenvalue weighted by Gasteiger charge is 2.17. The van der Waals surface area contributed by atoms with Gasteiger partial charge in [-0.2, -0.15) is 0 Å².